The highest BCUT2D eigenvalue weighted by Gasteiger charge is 2.46. The number of carbonyl (C=O) groups is 3. The smallest absolute Gasteiger partial charge is 0.319 e. The van der Waals surface area contributed by atoms with E-state index in [1.165, 1.54) is 0 Å². The van der Waals surface area contributed by atoms with E-state index in [-0.39, 0.29) is 11.8 Å². The monoisotopic (exact) mass is 482 g/mol. The number of nitrogens with one attached hydrogen (secondary N) is 3. The summed E-state index contributed by atoms with van der Waals surface area (Å²) in [5, 5.41) is 8.44. The standard InChI is InChI=1S/C26H34N4O3S/c1-3-7-18-16-21(18)23(30-26(33)28-19-11-13-20(34-2)14-12-19)25(32)29-22(24(27)31)15-10-17-8-5-4-6-9-17/h4-6,8-9,11-14,18,21-23H,3,7,10,15-16H2,1-2H3,(H2,27,31)(H,29,32)(H2,28,30,33). The Kier molecular flexibility index (Phi) is 9.39. The molecule has 0 aromatic heterocycles. The van der Waals surface area contributed by atoms with Crippen molar-refractivity contribution < 1.29 is 14.4 Å². The van der Waals surface area contributed by atoms with Gasteiger partial charge in [-0.05, 0) is 67.2 Å². The number of primary amides is 1. The number of rotatable bonds is 12. The second kappa shape index (κ2) is 12.5. The average molecular weight is 483 g/mol. The second-order valence-corrected chi connectivity index (χ2v) is 9.62. The lowest BCUT2D eigenvalue weighted by atomic mass is 10.0. The van der Waals surface area contributed by atoms with Gasteiger partial charge in [-0.2, -0.15) is 0 Å². The minimum absolute atomic E-state index is 0.0483. The van der Waals surface area contributed by atoms with Crippen LogP contribution in [0.5, 0.6) is 0 Å². The molecule has 3 rings (SSSR count). The zero-order chi connectivity index (χ0) is 24.5. The topological polar surface area (TPSA) is 113 Å². The van der Waals surface area contributed by atoms with Gasteiger partial charge in [0.15, 0.2) is 0 Å². The molecule has 182 valence electrons. The average Bonchev–Trinajstić information content (AvgIpc) is 3.60. The number of benzene rings is 2. The molecule has 1 aliphatic carbocycles. The predicted octanol–water partition coefficient (Wildman–Crippen LogP) is 3.94. The molecule has 1 fully saturated rings. The molecule has 5 N–H and O–H groups in total. The molecular weight excluding hydrogens is 448 g/mol. The summed E-state index contributed by atoms with van der Waals surface area (Å²) in [7, 11) is 0. The molecule has 0 bridgehead atoms. The number of hydrogen-bond acceptors (Lipinski definition) is 4. The summed E-state index contributed by atoms with van der Waals surface area (Å²) in [6, 6.07) is 15.3. The predicted molar refractivity (Wildman–Crippen MR) is 137 cm³/mol. The Morgan fingerprint density at radius 1 is 1.06 bits per heavy atom. The SMILES string of the molecule is CCCC1CC1C(NC(=O)Nc1ccc(SC)cc1)C(=O)NC(CCc1ccccc1)C(N)=O. The van der Waals surface area contributed by atoms with Crippen molar-refractivity contribution in [3.8, 4) is 0 Å². The Labute approximate surface area is 205 Å². The maximum atomic E-state index is 13.2. The van der Waals surface area contributed by atoms with Crippen LogP contribution in [-0.4, -0.2) is 36.2 Å². The molecule has 0 spiro atoms. The number of hydrogen-bond donors (Lipinski definition) is 4. The molecule has 4 amide bonds. The third-order valence-corrected chi connectivity index (χ3v) is 6.95. The molecule has 2 aromatic rings. The molecule has 4 unspecified atom stereocenters. The summed E-state index contributed by atoms with van der Waals surface area (Å²) in [5.41, 5.74) is 7.30. The summed E-state index contributed by atoms with van der Waals surface area (Å²) < 4.78 is 0. The Hall–Kier alpha value is -3.00. The van der Waals surface area contributed by atoms with Gasteiger partial charge in [-0.15, -0.1) is 11.8 Å². The highest BCUT2D eigenvalue weighted by atomic mass is 32.2. The van der Waals surface area contributed by atoms with Crippen LogP contribution in [0, 0.1) is 11.8 Å². The van der Waals surface area contributed by atoms with Crippen LogP contribution in [0.4, 0.5) is 10.5 Å². The van der Waals surface area contributed by atoms with E-state index >= 15 is 0 Å². The van der Waals surface area contributed by atoms with Gasteiger partial charge in [0.05, 0.1) is 0 Å². The molecule has 0 heterocycles. The van der Waals surface area contributed by atoms with E-state index in [4.69, 9.17) is 5.73 Å². The van der Waals surface area contributed by atoms with Crippen LogP contribution in [0.25, 0.3) is 0 Å². The van der Waals surface area contributed by atoms with Gasteiger partial charge in [0.1, 0.15) is 12.1 Å². The van der Waals surface area contributed by atoms with E-state index in [2.05, 4.69) is 22.9 Å². The molecule has 0 radical (unpaired) electrons. The molecule has 1 aliphatic rings. The number of thioether (sulfide) groups is 1. The zero-order valence-corrected chi connectivity index (χ0v) is 20.6. The second-order valence-electron chi connectivity index (χ2n) is 8.74. The Balaban J connectivity index is 1.64. The Morgan fingerprint density at radius 3 is 2.38 bits per heavy atom. The van der Waals surface area contributed by atoms with Crippen LogP contribution in [-0.2, 0) is 16.0 Å². The van der Waals surface area contributed by atoms with Crippen LogP contribution >= 0.6 is 11.8 Å². The number of amides is 4. The van der Waals surface area contributed by atoms with Crippen molar-refractivity contribution in [2.45, 2.75) is 56.0 Å². The fraction of sp³-hybridized carbons (Fsp3) is 0.423. The number of carbonyl (C=O) groups excluding carboxylic acids is 3. The van der Waals surface area contributed by atoms with Crippen LogP contribution in [0.15, 0.2) is 59.5 Å². The first kappa shape index (κ1) is 25.6. The molecule has 7 nitrogen and oxygen atoms in total. The molecule has 4 atom stereocenters. The first-order valence-electron chi connectivity index (χ1n) is 11.8. The molecule has 1 saturated carbocycles. The highest BCUT2D eigenvalue weighted by molar-refractivity contribution is 7.98. The Bertz CT molecular complexity index is 968. The van der Waals surface area contributed by atoms with Gasteiger partial charge in [-0.1, -0.05) is 50.1 Å². The first-order valence-corrected chi connectivity index (χ1v) is 13.0. The lowest BCUT2D eigenvalue weighted by Gasteiger charge is -2.22. The van der Waals surface area contributed by atoms with Gasteiger partial charge in [0.2, 0.25) is 11.8 Å². The number of aryl methyl sites for hydroxylation is 1. The summed E-state index contributed by atoms with van der Waals surface area (Å²) >= 11 is 1.62. The summed E-state index contributed by atoms with van der Waals surface area (Å²) in [6.07, 6.45) is 5.89. The van der Waals surface area contributed by atoms with Crippen molar-refractivity contribution >= 4 is 35.3 Å². The van der Waals surface area contributed by atoms with E-state index in [0.717, 1.165) is 29.7 Å². The third kappa shape index (κ3) is 7.52. The van der Waals surface area contributed by atoms with Gasteiger partial charge in [0.25, 0.3) is 0 Å². The van der Waals surface area contributed by atoms with Crippen LogP contribution in [0.3, 0.4) is 0 Å². The fourth-order valence-electron chi connectivity index (χ4n) is 4.23. The summed E-state index contributed by atoms with van der Waals surface area (Å²) in [6.45, 7) is 2.11. The largest absolute Gasteiger partial charge is 0.368 e. The van der Waals surface area contributed by atoms with E-state index in [9.17, 15) is 14.4 Å². The van der Waals surface area contributed by atoms with Crippen molar-refractivity contribution in [1.82, 2.24) is 10.6 Å². The fourth-order valence-corrected chi connectivity index (χ4v) is 4.64. The van der Waals surface area contributed by atoms with Gasteiger partial charge in [-0.25, -0.2) is 4.79 Å². The van der Waals surface area contributed by atoms with Crippen molar-refractivity contribution in [3.05, 3.63) is 60.2 Å². The zero-order valence-electron chi connectivity index (χ0n) is 19.8. The minimum Gasteiger partial charge on any atom is -0.368 e. The van der Waals surface area contributed by atoms with Gasteiger partial charge in [-0.3, -0.25) is 9.59 Å². The summed E-state index contributed by atoms with van der Waals surface area (Å²) in [4.78, 5) is 39.1. The minimum atomic E-state index is -0.803. The van der Waals surface area contributed by atoms with E-state index < -0.39 is 24.0 Å². The normalized spacial score (nSPS) is 18.4. The first-order chi connectivity index (χ1) is 16.4. The lowest BCUT2D eigenvalue weighted by molar-refractivity contribution is -0.129. The number of anilines is 1. The quantitative estimate of drug-likeness (QED) is 0.343. The third-order valence-electron chi connectivity index (χ3n) is 6.21. The van der Waals surface area contributed by atoms with Crippen LogP contribution in [0.2, 0.25) is 0 Å². The highest BCUT2D eigenvalue weighted by Crippen LogP contribution is 2.44. The maximum Gasteiger partial charge on any atom is 0.319 e. The van der Waals surface area contributed by atoms with Crippen molar-refractivity contribution in [2.75, 3.05) is 11.6 Å². The molecule has 8 heteroatoms. The van der Waals surface area contributed by atoms with E-state index in [1.807, 2.05) is 60.9 Å². The van der Waals surface area contributed by atoms with Gasteiger partial charge in [0, 0.05) is 10.6 Å². The number of nitrogens with two attached hydrogens (primary N) is 1. The van der Waals surface area contributed by atoms with Crippen LogP contribution in [0.1, 0.15) is 38.2 Å². The molecule has 34 heavy (non-hydrogen) atoms. The Morgan fingerprint density at radius 2 is 1.76 bits per heavy atom. The van der Waals surface area contributed by atoms with Crippen molar-refractivity contribution in [1.29, 1.82) is 0 Å². The van der Waals surface area contributed by atoms with E-state index in [1.54, 1.807) is 11.8 Å². The summed E-state index contributed by atoms with van der Waals surface area (Å²) in [5.74, 6) is -0.513. The lowest BCUT2D eigenvalue weighted by Crippen LogP contribution is -2.54. The molecule has 0 saturated heterocycles. The van der Waals surface area contributed by atoms with Crippen LogP contribution < -0.4 is 21.7 Å². The van der Waals surface area contributed by atoms with Gasteiger partial charge >= 0.3 is 6.03 Å². The van der Waals surface area contributed by atoms with Gasteiger partial charge < -0.3 is 21.7 Å². The number of urea groups is 1. The van der Waals surface area contributed by atoms with Crippen molar-refractivity contribution in [3.63, 3.8) is 0 Å². The molecule has 2 aromatic carbocycles. The van der Waals surface area contributed by atoms with Crippen molar-refractivity contribution in [2.24, 2.45) is 17.6 Å². The molecular formula is C26H34N4O3S. The molecule has 0 aliphatic heterocycles. The van der Waals surface area contributed by atoms with E-state index in [0.29, 0.717) is 24.4 Å². The maximum absolute atomic E-state index is 13.2.